The Kier molecular flexibility index (Phi) is 5.45. The van der Waals surface area contributed by atoms with Crippen LogP contribution < -0.4 is 25.2 Å². The first-order valence-corrected chi connectivity index (χ1v) is 12.1. The Labute approximate surface area is 199 Å². The normalized spacial score (nSPS) is 22.6. The molecule has 3 aliphatic heterocycles. The maximum atomic E-state index is 12.5. The van der Waals surface area contributed by atoms with Gasteiger partial charge >= 0.3 is 0 Å². The molecule has 8 heteroatoms. The molecule has 0 aliphatic carbocycles. The van der Waals surface area contributed by atoms with Crippen molar-refractivity contribution >= 4 is 28.3 Å². The van der Waals surface area contributed by atoms with E-state index in [4.69, 9.17) is 14.7 Å². The molecule has 176 valence electrons. The van der Waals surface area contributed by atoms with Crippen molar-refractivity contribution in [3.8, 4) is 17.0 Å². The summed E-state index contributed by atoms with van der Waals surface area (Å²) >= 11 is 0. The molecule has 3 aromatic rings. The number of benzene rings is 1. The van der Waals surface area contributed by atoms with E-state index in [1.165, 1.54) is 0 Å². The molecule has 3 saturated heterocycles. The molecule has 0 spiro atoms. The SMILES string of the molecule is COc1ccc2c(N3C[C@@H]4CCNC(=O)[C@@H]4C3)cc(-c3ccc(N4CCNCC4)nc3)nc2c1. The molecule has 2 atom stereocenters. The maximum absolute atomic E-state index is 12.5. The molecule has 6 rings (SSSR count). The fourth-order valence-corrected chi connectivity index (χ4v) is 5.51. The van der Waals surface area contributed by atoms with Crippen molar-refractivity contribution in [2.24, 2.45) is 11.8 Å². The first-order chi connectivity index (χ1) is 16.7. The number of piperidine rings is 1. The van der Waals surface area contributed by atoms with Crippen molar-refractivity contribution in [2.75, 3.05) is 62.7 Å². The van der Waals surface area contributed by atoms with Crippen molar-refractivity contribution in [3.05, 3.63) is 42.6 Å². The van der Waals surface area contributed by atoms with Crippen LogP contribution in [0.5, 0.6) is 5.75 Å². The predicted octanol–water partition coefficient (Wildman–Crippen LogP) is 2.29. The van der Waals surface area contributed by atoms with Crippen LogP contribution in [0.25, 0.3) is 22.2 Å². The number of carbonyl (C=O) groups is 1. The third-order valence-electron chi connectivity index (χ3n) is 7.41. The number of pyridine rings is 2. The number of anilines is 2. The predicted molar refractivity (Wildman–Crippen MR) is 133 cm³/mol. The number of methoxy groups -OCH3 is 1. The van der Waals surface area contributed by atoms with Crippen LogP contribution in [0.4, 0.5) is 11.5 Å². The smallest absolute Gasteiger partial charge is 0.225 e. The Morgan fingerprint density at radius 2 is 1.91 bits per heavy atom. The Balaban J connectivity index is 1.38. The standard InChI is InChI=1S/C26H30N6O2/c1-34-19-3-4-20-23(12-19)30-22(17-2-5-25(29-14-17)31-10-8-27-9-11-31)13-24(20)32-15-18-6-7-28-26(33)21(18)16-32/h2-5,12-14,18,21,27H,6-11,15-16H2,1H3,(H,28,33)/t18-,21+/m0/s1. The van der Waals surface area contributed by atoms with Crippen molar-refractivity contribution in [1.82, 2.24) is 20.6 Å². The lowest BCUT2D eigenvalue weighted by molar-refractivity contribution is -0.127. The van der Waals surface area contributed by atoms with E-state index < -0.39 is 0 Å². The van der Waals surface area contributed by atoms with E-state index in [0.29, 0.717) is 5.92 Å². The number of fused-ring (bicyclic) bond motifs is 2. The summed E-state index contributed by atoms with van der Waals surface area (Å²) in [4.78, 5) is 26.9. The zero-order valence-electron chi connectivity index (χ0n) is 19.5. The molecule has 5 heterocycles. The summed E-state index contributed by atoms with van der Waals surface area (Å²) < 4.78 is 5.48. The number of amides is 1. The zero-order chi connectivity index (χ0) is 23.1. The summed E-state index contributed by atoms with van der Waals surface area (Å²) in [5.74, 6) is 2.43. The molecule has 0 bridgehead atoms. The number of carbonyl (C=O) groups excluding carboxylic acids is 1. The van der Waals surface area contributed by atoms with E-state index >= 15 is 0 Å². The highest BCUT2D eigenvalue weighted by atomic mass is 16.5. The summed E-state index contributed by atoms with van der Waals surface area (Å²) in [6, 6.07) is 12.4. The first kappa shape index (κ1) is 21.2. The molecule has 1 amide bonds. The second kappa shape index (κ2) is 8.76. The molecule has 1 aromatic carbocycles. The van der Waals surface area contributed by atoms with Crippen LogP contribution in [0.2, 0.25) is 0 Å². The zero-order valence-corrected chi connectivity index (χ0v) is 19.5. The Morgan fingerprint density at radius 1 is 1.03 bits per heavy atom. The van der Waals surface area contributed by atoms with Crippen LogP contribution in [-0.2, 0) is 4.79 Å². The number of aromatic nitrogens is 2. The quantitative estimate of drug-likeness (QED) is 0.621. The molecular formula is C26H30N6O2. The molecule has 8 nitrogen and oxygen atoms in total. The van der Waals surface area contributed by atoms with Gasteiger partial charge in [-0.1, -0.05) is 0 Å². The summed E-state index contributed by atoms with van der Waals surface area (Å²) in [5.41, 5.74) is 3.88. The highest BCUT2D eigenvalue weighted by Gasteiger charge is 2.40. The number of ether oxygens (including phenoxy) is 1. The molecule has 34 heavy (non-hydrogen) atoms. The lowest BCUT2D eigenvalue weighted by atomic mass is 9.89. The molecule has 3 aliphatic rings. The van der Waals surface area contributed by atoms with Gasteiger partial charge in [0, 0.05) is 74.7 Å². The van der Waals surface area contributed by atoms with Crippen molar-refractivity contribution < 1.29 is 9.53 Å². The minimum atomic E-state index is 0.0543. The van der Waals surface area contributed by atoms with Gasteiger partial charge in [0.1, 0.15) is 11.6 Å². The monoisotopic (exact) mass is 458 g/mol. The van der Waals surface area contributed by atoms with Gasteiger partial charge in [0.05, 0.1) is 24.2 Å². The van der Waals surface area contributed by atoms with Crippen LogP contribution >= 0.6 is 0 Å². The third kappa shape index (κ3) is 3.81. The van der Waals surface area contributed by atoms with E-state index in [1.807, 2.05) is 18.3 Å². The third-order valence-corrected chi connectivity index (χ3v) is 7.41. The fraction of sp³-hybridized carbons (Fsp3) is 0.423. The van der Waals surface area contributed by atoms with Crippen LogP contribution in [0.3, 0.4) is 0 Å². The summed E-state index contributed by atoms with van der Waals surface area (Å²) in [7, 11) is 1.68. The van der Waals surface area contributed by atoms with Gasteiger partial charge < -0.3 is 25.2 Å². The topological polar surface area (TPSA) is 82.6 Å². The second-order valence-electron chi connectivity index (χ2n) is 9.40. The Morgan fingerprint density at radius 3 is 2.68 bits per heavy atom. The van der Waals surface area contributed by atoms with Gasteiger partial charge in [0.25, 0.3) is 0 Å². The average molecular weight is 459 g/mol. The molecule has 0 unspecified atom stereocenters. The average Bonchev–Trinajstić information content (AvgIpc) is 3.34. The molecule has 3 fully saturated rings. The maximum Gasteiger partial charge on any atom is 0.225 e. The molecule has 0 saturated carbocycles. The highest BCUT2D eigenvalue weighted by Crippen LogP contribution is 2.38. The van der Waals surface area contributed by atoms with E-state index in [0.717, 1.165) is 91.6 Å². The molecule has 0 radical (unpaired) electrons. The van der Waals surface area contributed by atoms with Gasteiger partial charge in [0.2, 0.25) is 5.91 Å². The molecule has 2 aromatic heterocycles. The largest absolute Gasteiger partial charge is 0.497 e. The van der Waals surface area contributed by atoms with Gasteiger partial charge in [-0.2, -0.15) is 0 Å². The van der Waals surface area contributed by atoms with Gasteiger partial charge in [-0.25, -0.2) is 9.97 Å². The van der Waals surface area contributed by atoms with Crippen molar-refractivity contribution in [2.45, 2.75) is 6.42 Å². The lowest BCUT2D eigenvalue weighted by Gasteiger charge is -2.28. The van der Waals surface area contributed by atoms with Crippen molar-refractivity contribution in [1.29, 1.82) is 0 Å². The van der Waals surface area contributed by atoms with E-state index in [-0.39, 0.29) is 11.8 Å². The summed E-state index contributed by atoms with van der Waals surface area (Å²) in [5, 5.41) is 7.50. The fourth-order valence-electron chi connectivity index (χ4n) is 5.51. The minimum absolute atomic E-state index is 0.0543. The highest BCUT2D eigenvalue weighted by molar-refractivity contribution is 5.95. The van der Waals surface area contributed by atoms with Crippen LogP contribution in [-0.4, -0.2) is 68.8 Å². The Bertz CT molecular complexity index is 1210. The number of nitrogens with one attached hydrogen (secondary N) is 2. The molecule has 2 N–H and O–H groups in total. The lowest BCUT2D eigenvalue weighted by Crippen LogP contribution is -2.43. The summed E-state index contributed by atoms with van der Waals surface area (Å²) in [6.07, 6.45) is 2.96. The van der Waals surface area contributed by atoms with Gasteiger partial charge in [-0.3, -0.25) is 4.79 Å². The van der Waals surface area contributed by atoms with Crippen LogP contribution in [0.1, 0.15) is 6.42 Å². The van der Waals surface area contributed by atoms with E-state index in [9.17, 15) is 4.79 Å². The first-order valence-electron chi connectivity index (χ1n) is 12.1. The second-order valence-corrected chi connectivity index (χ2v) is 9.40. The number of hydrogen-bond acceptors (Lipinski definition) is 7. The van der Waals surface area contributed by atoms with Crippen LogP contribution in [0.15, 0.2) is 42.6 Å². The number of rotatable bonds is 4. The Hall–Kier alpha value is -3.39. The summed E-state index contributed by atoms with van der Waals surface area (Å²) in [6.45, 7) is 6.31. The molecular weight excluding hydrogens is 428 g/mol. The number of piperazine rings is 1. The van der Waals surface area contributed by atoms with E-state index in [1.54, 1.807) is 7.11 Å². The minimum Gasteiger partial charge on any atom is -0.497 e. The van der Waals surface area contributed by atoms with E-state index in [2.05, 4.69) is 44.7 Å². The van der Waals surface area contributed by atoms with Gasteiger partial charge in [0.15, 0.2) is 0 Å². The number of hydrogen-bond donors (Lipinski definition) is 2. The van der Waals surface area contributed by atoms with Gasteiger partial charge in [-0.15, -0.1) is 0 Å². The number of nitrogens with zero attached hydrogens (tertiary/aromatic N) is 4. The van der Waals surface area contributed by atoms with Crippen LogP contribution in [0, 0.1) is 11.8 Å². The van der Waals surface area contributed by atoms with Gasteiger partial charge in [-0.05, 0) is 42.7 Å². The van der Waals surface area contributed by atoms with Crippen molar-refractivity contribution in [3.63, 3.8) is 0 Å².